The zero-order chi connectivity index (χ0) is 11.7. The summed E-state index contributed by atoms with van der Waals surface area (Å²) < 4.78 is 5.25. The number of halogens is 1. The van der Waals surface area contributed by atoms with Crippen molar-refractivity contribution in [3.8, 4) is 11.5 Å². The number of aromatic nitrogens is 3. The Balaban J connectivity index is 0.00000120. The molecule has 0 aliphatic heterocycles. The van der Waals surface area contributed by atoms with Gasteiger partial charge < -0.3 is 10.3 Å². The van der Waals surface area contributed by atoms with E-state index in [2.05, 4.69) is 15.1 Å². The summed E-state index contributed by atoms with van der Waals surface area (Å²) in [6.07, 6.45) is 5.22. The van der Waals surface area contributed by atoms with Crippen LogP contribution in [0.1, 0.15) is 24.4 Å². The molecule has 1 fully saturated rings. The first-order valence-electron chi connectivity index (χ1n) is 5.83. The van der Waals surface area contributed by atoms with Gasteiger partial charge >= 0.3 is 0 Å². The highest BCUT2D eigenvalue weighted by molar-refractivity contribution is 5.85. The smallest absolute Gasteiger partial charge is 0.258 e. The molecule has 0 aromatic carbocycles. The van der Waals surface area contributed by atoms with Crippen LogP contribution in [0.4, 0.5) is 0 Å². The number of rotatable bonds is 4. The Morgan fingerprint density at radius 3 is 2.94 bits per heavy atom. The summed E-state index contributed by atoms with van der Waals surface area (Å²) in [5.74, 6) is 2.11. The maximum Gasteiger partial charge on any atom is 0.258 e. The summed E-state index contributed by atoms with van der Waals surface area (Å²) in [6.45, 7) is 0.414. The van der Waals surface area contributed by atoms with Gasteiger partial charge in [0, 0.05) is 24.7 Å². The monoisotopic (exact) mass is 266 g/mol. The summed E-state index contributed by atoms with van der Waals surface area (Å²) in [7, 11) is 0. The molecule has 1 aliphatic carbocycles. The molecule has 3 rings (SSSR count). The zero-order valence-corrected chi connectivity index (χ0v) is 10.7. The Hall–Kier alpha value is -1.46. The van der Waals surface area contributed by atoms with Gasteiger partial charge in [0.1, 0.15) is 0 Å². The Kier molecular flexibility index (Phi) is 3.93. The molecule has 1 aliphatic rings. The Bertz CT molecular complexity index is 524. The second kappa shape index (κ2) is 5.46. The van der Waals surface area contributed by atoms with Crippen molar-refractivity contribution < 1.29 is 4.52 Å². The van der Waals surface area contributed by atoms with Crippen molar-refractivity contribution in [2.75, 3.05) is 0 Å². The van der Waals surface area contributed by atoms with Gasteiger partial charge in [-0.1, -0.05) is 5.16 Å². The van der Waals surface area contributed by atoms with Crippen molar-refractivity contribution in [1.29, 1.82) is 0 Å². The quantitative estimate of drug-likeness (QED) is 0.915. The van der Waals surface area contributed by atoms with E-state index in [0.29, 0.717) is 12.4 Å². The lowest BCUT2D eigenvalue weighted by atomic mass is 10.2. The minimum atomic E-state index is 0. The van der Waals surface area contributed by atoms with Crippen LogP contribution in [0.2, 0.25) is 0 Å². The summed E-state index contributed by atoms with van der Waals surface area (Å²) in [5.41, 5.74) is 7.25. The Morgan fingerprint density at radius 1 is 1.39 bits per heavy atom. The zero-order valence-electron chi connectivity index (χ0n) is 9.87. The highest BCUT2D eigenvalue weighted by Crippen LogP contribution is 2.32. The average molecular weight is 267 g/mol. The molecule has 2 aromatic heterocycles. The van der Waals surface area contributed by atoms with E-state index < -0.39 is 0 Å². The van der Waals surface area contributed by atoms with E-state index in [1.165, 1.54) is 12.8 Å². The van der Waals surface area contributed by atoms with Gasteiger partial charge in [0.05, 0.1) is 5.69 Å². The van der Waals surface area contributed by atoms with E-state index in [-0.39, 0.29) is 12.4 Å². The van der Waals surface area contributed by atoms with Crippen molar-refractivity contribution in [3.63, 3.8) is 0 Å². The fourth-order valence-electron chi connectivity index (χ4n) is 1.76. The molecule has 0 unspecified atom stereocenters. The minimum Gasteiger partial charge on any atom is -0.334 e. The van der Waals surface area contributed by atoms with Gasteiger partial charge in [0.2, 0.25) is 0 Å². The number of pyridine rings is 1. The molecule has 2 heterocycles. The van der Waals surface area contributed by atoms with Gasteiger partial charge in [-0.3, -0.25) is 4.98 Å². The summed E-state index contributed by atoms with van der Waals surface area (Å²) >= 11 is 0. The van der Waals surface area contributed by atoms with Gasteiger partial charge in [0.25, 0.3) is 5.89 Å². The highest BCUT2D eigenvalue weighted by Gasteiger charge is 2.24. The molecule has 0 saturated heterocycles. The molecule has 2 N–H and O–H groups in total. The van der Waals surface area contributed by atoms with Crippen LogP contribution in [-0.2, 0) is 13.0 Å². The number of nitrogens with two attached hydrogens (primary N) is 1. The third kappa shape index (κ3) is 2.86. The predicted octanol–water partition coefficient (Wildman–Crippen LogP) is 1.96. The van der Waals surface area contributed by atoms with Crippen molar-refractivity contribution in [1.82, 2.24) is 15.1 Å². The molecule has 0 radical (unpaired) electrons. The van der Waals surface area contributed by atoms with E-state index in [4.69, 9.17) is 10.3 Å². The fraction of sp³-hybridized carbons (Fsp3) is 0.417. The average Bonchev–Trinajstić information content (AvgIpc) is 3.05. The van der Waals surface area contributed by atoms with Crippen LogP contribution in [0.3, 0.4) is 0 Å². The number of hydrogen-bond donors (Lipinski definition) is 1. The molecule has 0 spiro atoms. The summed E-state index contributed by atoms with van der Waals surface area (Å²) in [6, 6.07) is 3.74. The second-order valence-corrected chi connectivity index (χ2v) is 4.40. The molecule has 96 valence electrons. The molecule has 0 amide bonds. The van der Waals surface area contributed by atoms with E-state index in [0.717, 1.165) is 29.4 Å². The molecule has 0 atom stereocenters. The van der Waals surface area contributed by atoms with Crippen LogP contribution in [0.15, 0.2) is 22.9 Å². The molecule has 0 bridgehead atoms. The van der Waals surface area contributed by atoms with Gasteiger partial charge in [-0.15, -0.1) is 12.4 Å². The molecule has 6 heteroatoms. The van der Waals surface area contributed by atoms with Crippen LogP contribution in [0.25, 0.3) is 11.5 Å². The van der Waals surface area contributed by atoms with Crippen LogP contribution in [0, 0.1) is 5.92 Å². The number of nitrogens with zero attached hydrogens (tertiary/aromatic N) is 3. The summed E-state index contributed by atoms with van der Waals surface area (Å²) in [5, 5.41) is 3.99. The van der Waals surface area contributed by atoms with Gasteiger partial charge in [0.15, 0.2) is 5.82 Å². The lowest BCUT2D eigenvalue weighted by molar-refractivity contribution is 0.421. The van der Waals surface area contributed by atoms with Crippen LogP contribution in [0.5, 0.6) is 0 Å². The lowest BCUT2D eigenvalue weighted by Gasteiger charge is -1.97. The van der Waals surface area contributed by atoms with Gasteiger partial charge in [-0.2, -0.15) is 4.98 Å². The Morgan fingerprint density at radius 2 is 2.22 bits per heavy atom. The number of hydrogen-bond acceptors (Lipinski definition) is 5. The molecule has 5 nitrogen and oxygen atoms in total. The van der Waals surface area contributed by atoms with E-state index in [9.17, 15) is 0 Å². The molecule has 18 heavy (non-hydrogen) atoms. The van der Waals surface area contributed by atoms with Crippen molar-refractivity contribution in [2.24, 2.45) is 11.7 Å². The van der Waals surface area contributed by atoms with E-state index in [1.807, 2.05) is 12.1 Å². The third-order valence-corrected chi connectivity index (χ3v) is 2.91. The first kappa shape index (κ1) is 13.0. The molecule has 1 saturated carbocycles. The van der Waals surface area contributed by atoms with Crippen molar-refractivity contribution in [2.45, 2.75) is 25.8 Å². The normalized spacial score (nSPS) is 14.3. The minimum absolute atomic E-state index is 0. The van der Waals surface area contributed by atoms with Crippen LogP contribution < -0.4 is 5.73 Å². The van der Waals surface area contributed by atoms with Crippen LogP contribution >= 0.6 is 12.4 Å². The van der Waals surface area contributed by atoms with Gasteiger partial charge in [-0.05, 0) is 30.9 Å². The summed E-state index contributed by atoms with van der Waals surface area (Å²) in [4.78, 5) is 8.52. The molecular formula is C12H15ClN4O. The second-order valence-electron chi connectivity index (χ2n) is 4.40. The fourth-order valence-corrected chi connectivity index (χ4v) is 1.76. The van der Waals surface area contributed by atoms with E-state index >= 15 is 0 Å². The molecule has 2 aromatic rings. The maximum absolute atomic E-state index is 5.55. The highest BCUT2D eigenvalue weighted by atomic mass is 35.5. The Labute approximate surface area is 111 Å². The van der Waals surface area contributed by atoms with Gasteiger partial charge in [-0.25, -0.2) is 0 Å². The van der Waals surface area contributed by atoms with Crippen molar-refractivity contribution in [3.05, 3.63) is 29.8 Å². The largest absolute Gasteiger partial charge is 0.334 e. The standard InChI is InChI=1S/C12H14N4O.ClH/c13-7-10-6-9(3-4-14-10)12-15-11(16-17-12)5-8-1-2-8;/h3-4,6,8H,1-2,5,7,13H2;1H. The topological polar surface area (TPSA) is 77.8 Å². The molecular weight excluding hydrogens is 252 g/mol. The predicted molar refractivity (Wildman–Crippen MR) is 69.1 cm³/mol. The third-order valence-electron chi connectivity index (χ3n) is 2.91. The van der Waals surface area contributed by atoms with Crippen molar-refractivity contribution >= 4 is 12.4 Å². The van der Waals surface area contributed by atoms with E-state index in [1.54, 1.807) is 6.20 Å². The SMILES string of the molecule is Cl.NCc1cc(-c2nc(CC3CC3)no2)ccn1. The first-order chi connectivity index (χ1) is 8.35. The lowest BCUT2D eigenvalue weighted by Crippen LogP contribution is -1.99. The maximum atomic E-state index is 5.55. The first-order valence-corrected chi connectivity index (χ1v) is 5.83. The van der Waals surface area contributed by atoms with Crippen LogP contribution in [-0.4, -0.2) is 15.1 Å².